The van der Waals surface area contributed by atoms with Crippen molar-refractivity contribution in [3.8, 4) is 0 Å². The van der Waals surface area contributed by atoms with Gasteiger partial charge in [0, 0.05) is 19.2 Å². The standard InChI is InChI=1S/C10H18ClN3O2/c1-3-9-8(10(11)14(2)13-9)4-12-7(5-15)6-16/h7,12,15-16H,3-6H2,1-2H3. The van der Waals surface area contributed by atoms with Crippen LogP contribution in [-0.2, 0) is 20.0 Å². The first-order valence-corrected chi connectivity index (χ1v) is 5.67. The highest BCUT2D eigenvalue weighted by molar-refractivity contribution is 6.30. The molecule has 0 radical (unpaired) electrons. The number of rotatable bonds is 6. The van der Waals surface area contributed by atoms with E-state index >= 15 is 0 Å². The van der Waals surface area contributed by atoms with Gasteiger partial charge in [0.25, 0.3) is 0 Å². The van der Waals surface area contributed by atoms with Crippen molar-refractivity contribution < 1.29 is 10.2 Å². The molecule has 0 fully saturated rings. The van der Waals surface area contributed by atoms with Gasteiger partial charge < -0.3 is 15.5 Å². The maximum atomic E-state index is 8.93. The monoisotopic (exact) mass is 247 g/mol. The quantitative estimate of drug-likeness (QED) is 0.666. The van der Waals surface area contributed by atoms with Gasteiger partial charge in [-0.15, -0.1) is 0 Å². The summed E-state index contributed by atoms with van der Waals surface area (Å²) in [5.74, 6) is 0. The lowest BCUT2D eigenvalue weighted by molar-refractivity contribution is 0.170. The number of hydrogen-bond acceptors (Lipinski definition) is 4. The van der Waals surface area contributed by atoms with E-state index in [1.807, 2.05) is 6.92 Å². The highest BCUT2D eigenvalue weighted by Crippen LogP contribution is 2.19. The first kappa shape index (κ1) is 13.4. The Balaban J connectivity index is 2.72. The van der Waals surface area contributed by atoms with Crippen LogP contribution in [0.25, 0.3) is 0 Å². The van der Waals surface area contributed by atoms with Crippen LogP contribution in [0.1, 0.15) is 18.2 Å². The van der Waals surface area contributed by atoms with Crippen LogP contribution in [0.4, 0.5) is 0 Å². The van der Waals surface area contributed by atoms with E-state index in [-0.39, 0.29) is 19.3 Å². The van der Waals surface area contributed by atoms with Crippen molar-refractivity contribution in [3.63, 3.8) is 0 Å². The average Bonchev–Trinajstić information content (AvgIpc) is 2.57. The second kappa shape index (κ2) is 6.20. The summed E-state index contributed by atoms with van der Waals surface area (Å²) in [6.07, 6.45) is 0.806. The number of aromatic nitrogens is 2. The van der Waals surface area contributed by atoms with Gasteiger partial charge in [-0.05, 0) is 6.42 Å². The lowest BCUT2D eigenvalue weighted by Crippen LogP contribution is -2.35. The third-order valence-electron chi connectivity index (χ3n) is 2.50. The van der Waals surface area contributed by atoms with E-state index in [2.05, 4.69) is 10.4 Å². The Hall–Kier alpha value is -0.620. The van der Waals surface area contributed by atoms with Gasteiger partial charge in [-0.2, -0.15) is 5.10 Å². The summed E-state index contributed by atoms with van der Waals surface area (Å²) in [5, 5.41) is 25.8. The Morgan fingerprint density at radius 1 is 1.44 bits per heavy atom. The third kappa shape index (κ3) is 2.95. The van der Waals surface area contributed by atoms with Crippen LogP contribution in [0.5, 0.6) is 0 Å². The van der Waals surface area contributed by atoms with Gasteiger partial charge in [-0.3, -0.25) is 4.68 Å². The summed E-state index contributed by atoms with van der Waals surface area (Å²) in [4.78, 5) is 0. The second-order valence-electron chi connectivity index (χ2n) is 3.64. The molecule has 6 heteroatoms. The molecule has 0 aromatic carbocycles. The molecule has 1 heterocycles. The number of halogens is 1. The number of hydrogen-bond donors (Lipinski definition) is 3. The minimum Gasteiger partial charge on any atom is -0.395 e. The van der Waals surface area contributed by atoms with E-state index in [1.165, 1.54) is 0 Å². The van der Waals surface area contributed by atoms with Gasteiger partial charge in [0.05, 0.1) is 24.9 Å². The molecule has 3 N–H and O–H groups in total. The van der Waals surface area contributed by atoms with Crippen molar-refractivity contribution in [1.82, 2.24) is 15.1 Å². The number of nitrogens with zero attached hydrogens (tertiary/aromatic N) is 2. The van der Waals surface area contributed by atoms with Crippen molar-refractivity contribution in [2.75, 3.05) is 13.2 Å². The number of nitrogens with one attached hydrogen (secondary N) is 1. The van der Waals surface area contributed by atoms with Crippen molar-refractivity contribution >= 4 is 11.6 Å². The molecule has 92 valence electrons. The molecule has 0 unspecified atom stereocenters. The van der Waals surface area contributed by atoms with Crippen molar-refractivity contribution in [2.45, 2.75) is 25.9 Å². The fourth-order valence-electron chi connectivity index (χ4n) is 1.49. The molecule has 5 nitrogen and oxygen atoms in total. The highest BCUT2D eigenvalue weighted by Gasteiger charge is 2.14. The number of aryl methyl sites for hydroxylation is 2. The van der Waals surface area contributed by atoms with Gasteiger partial charge in [0.2, 0.25) is 0 Å². The van der Waals surface area contributed by atoms with E-state index in [4.69, 9.17) is 21.8 Å². The van der Waals surface area contributed by atoms with Crippen LogP contribution in [0, 0.1) is 0 Å². The predicted octanol–water partition coefficient (Wildman–Crippen LogP) is 0.0787. The summed E-state index contributed by atoms with van der Waals surface area (Å²) in [6.45, 7) is 2.31. The zero-order valence-electron chi connectivity index (χ0n) is 9.57. The normalized spacial score (nSPS) is 11.4. The molecule has 16 heavy (non-hydrogen) atoms. The zero-order valence-corrected chi connectivity index (χ0v) is 10.3. The topological polar surface area (TPSA) is 70.3 Å². The predicted molar refractivity (Wildman–Crippen MR) is 62.4 cm³/mol. The second-order valence-corrected chi connectivity index (χ2v) is 3.99. The first-order valence-electron chi connectivity index (χ1n) is 5.29. The lowest BCUT2D eigenvalue weighted by Gasteiger charge is -2.13. The van der Waals surface area contributed by atoms with Gasteiger partial charge in [0.1, 0.15) is 5.15 Å². The third-order valence-corrected chi connectivity index (χ3v) is 2.97. The molecule has 0 atom stereocenters. The van der Waals surface area contributed by atoms with E-state index < -0.39 is 0 Å². The molecule has 0 amide bonds. The van der Waals surface area contributed by atoms with E-state index in [0.717, 1.165) is 17.7 Å². The molecule has 0 spiro atoms. The van der Waals surface area contributed by atoms with Crippen LogP contribution in [0.2, 0.25) is 5.15 Å². The maximum absolute atomic E-state index is 8.93. The molecular weight excluding hydrogens is 230 g/mol. The first-order chi connectivity index (χ1) is 7.63. The van der Waals surface area contributed by atoms with Crippen molar-refractivity contribution in [2.24, 2.45) is 7.05 Å². The molecule has 1 aromatic rings. The fraction of sp³-hybridized carbons (Fsp3) is 0.700. The molecule has 0 aliphatic heterocycles. The summed E-state index contributed by atoms with van der Waals surface area (Å²) in [6, 6.07) is -0.319. The minimum atomic E-state index is -0.319. The Bertz CT molecular complexity index is 337. The Morgan fingerprint density at radius 3 is 2.56 bits per heavy atom. The van der Waals surface area contributed by atoms with Gasteiger partial charge in [0.15, 0.2) is 0 Å². The van der Waals surface area contributed by atoms with E-state index in [1.54, 1.807) is 11.7 Å². The lowest BCUT2D eigenvalue weighted by atomic mass is 10.2. The zero-order chi connectivity index (χ0) is 12.1. The molecule has 0 saturated heterocycles. The Morgan fingerprint density at radius 2 is 2.06 bits per heavy atom. The molecular formula is C10H18ClN3O2. The van der Waals surface area contributed by atoms with Gasteiger partial charge in [-0.1, -0.05) is 18.5 Å². The van der Waals surface area contributed by atoms with Crippen LogP contribution in [0.3, 0.4) is 0 Å². The molecule has 0 aliphatic carbocycles. The molecule has 1 rings (SSSR count). The average molecular weight is 248 g/mol. The Labute approximate surface area is 100 Å². The molecule has 1 aromatic heterocycles. The fourth-order valence-corrected chi connectivity index (χ4v) is 1.71. The minimum absolute atomic E-state index is 0.101. The summed E-state index contributed by atoms with van der Waals surface area (Å²) in [7, 11) is 1.79. The smallest absolute Gasteiger partial charge is 0.131 e. The van der Waals surface area contributed by atoms with Gasteiger partial charge >= 0.3 is 0 Å². The summed E-state index contributed by atoms with van der Waals surface area (Å²) in [5.41, 5.74) is 1.87. The molecule has 0 aliphatic rings. The van der Waals surface area contributed by atoms with Crippen LogP contribution >= 0.6 is 11.6 Å². The highest BCUT2D eigenvalue weighted by atomic mass is 35.5. The Kier molecular flexibility index (Phi) is 5.21. The van der Waals surface area contributed by atoms with Crippen LogP contribution < -0.4 is 5.32 Å². The summed E-state index contributed by atoms with van der Waals surface area (Å²) < 4.78 is 1.63. The molecule has 0 saturated carbocycles. The number of aliphatic hydroxyl groups excluding tert-OH is 2. The van der Waals surface area contributed by atoms with Crippen LogP contribution in [-0.4, -0.2) is 39.2 Å². The van der Waals surface area contributed by atoms with Crippen LogP contribution in [0.15, 0.2) is 0 Å². The molecule has 0 bridgehead atoms. The SMILES string of the molecule is CCc1nn(C)c(Cl)c1CNC(CO)CO. The van der Waals surface area contributed by atoms with Gasteiger partial charge in [-0.25, -0.2) is 0 Å². The largest absolute Gasteiger partial charge is 0.395 e. The van der Waals surface area contributed by atoms with Crippen molar-refractivity contribution in [3.05, 3.63) is 16.4 Å². The van der Waals surface area contributed by atoms with Crippen molar-refractivity contribution in [1.29, 1.82) is 0 Å². The maximum Gasteiger partial charge on any atom is 0.131 e. The summed E-state index contributed by atoms with van der Waals surface area (Å²) >= 11 is 6.10. The number of aliphatic hydroxyl groups is 2. The van der Waals surface area contributed by atoms with E-state index in [0.29, 0.717) is 11.7 Å². The van der Waals surface area contributed by atoms with E-state index in [9.17, 15) is 0 Å².